The molecule has 1 heterocycles. The van der Waals surface area contributed by atoms with E-state index in [9.17, 15) is 0 Å². The van der Waals surface area contributed by atoms with Crippen LogP contribution in [0, 0.1) is 49.4 Å². The van der Waals surface area contributed by atoms with E-state index in [0.29, 0.717) is 11.6 Å². The number of hydrogen-bond acceptors (Lipinski definition) is 5. The number of nitrogens with zero attached hydrogens (tertiary/aromatic N) is 3. The van der Waals surface area contributed by atoms with Crippen LogP contribution in [0.4, 0.5) is 11.4 Å². The Balaban J connectivity index is 0.00000114. The Morgan fingerprint density at radius 2 is 1.79 bits per heavy atom. The van der Waals surface area contributed by atoms with Crippen LogP contribution in [0.3, 0.4) is 0 Å². The third-order valence-electron chi connectivity index (χ3n) is 7.94. The van der Waals surface area contributed by atoms with E-state index in [1.54, 1.807) is 13.3 Å². The molecule has 2 aromatic carbocycles. The minimum atomic E-state index is 0. The van der Waals surface area contributed by atoms with E-state index in [2.05, 4.69) is 63.9 Å². The van der Waals surface area contributed by atoms with E-state index in [0.717, 1.165) is 39.3 Å². The molecule has 0 unspecified atom stereocenters. The van der Waals surface area contributed by atoms with Gasteiger partial charge in [0.05, 0.1) is 7.11 Å². The molecule has 2 aromatic rings. The average molecular weight is 649 g/mol. The van der Waals surface area contributed by atoms with Gasteiger partial charge in [-0.2, -0.15) is 0 Å². The summed E-state index contributed by atoms with van der Waals surface area (Å²) in [6.45, 7) is 26.1. The Morgan fingerprint density at radius 3 is 2.35 bits per heavy atom. The molecule has 0 bridgehead atoms. The molecule has 2 aliphatic rings. The number of ether oxygens (including phenoxy) is 1. The van der Waals surface area contributed by atoms with E-state index < -0.39 is 0 Å². The first-order valence-electron chi connectivity index (χ1n) is 17.3. The van der Waals surface area contributed by atoms with Crippen molar-refractivity contribution in [3.05, 3.63) is 88.9 Å². The highest BCUT2D eigenvalue weighted by Gasteiger charge is 2.20. The van der Waals surface area contributed by atoms with Gasteiger partial charge in [0.25, 0.3) is 0 Å². The Morgan fingerprint density at radius 1 is 1.12 bits per heavy atom. The molecule has 48 heavy (non-hydrogen) atoms. The van der Waals surface area contributed by atoms with Crippen molar-refractivity contribution >= 4 is 17.6 Å². The van der Waals surface area contributed by atoms with Gasteiger partial charge in [0.2, 0.25) is 0 Å². The summed E-state index contributed by atoms with van der Waals surface area (Å²) in [5.41, 5.74) is 7.78. The molecular weight excluding hydrogens is 589 g/mol. The van der Waals surface area contributed by atoms with Gasteiger partial charge in [-0.25, -0.2) is 4.99 Å². The zero-order valence-electron chi connectivity index (χ0n) is 31.1. The van der Waals surface area contributed by atoms with Crippen molar-refractivity contribution in [3.63, 3.8) is 0 Å². The molecule has 4 rings (SSSR count). The molecule has 1 fully saturated rings. The fourth-order valence-electron chi connectivity index (χ4n) is 4.92. The Hall–Kier alpha value is -4.63. The van der Waals surface area contributed by atoms with E-state index >= 15 is 0 Å². The SMILES string of the molecule is C#Cc1ccc(N(C)/C(C)=C(/C=N\C(=C)Nc2cc(C#C)c(C)c(OC)c2)C2C#C2)cc1.C=C1CCCN(CCCC)CC1.CC.CC.[HH]. The highest BCUT2D eigenvalue weighted by atomic mass is 16.5. The zero-order valence-corrected chi connectivity index (χ0v) is 31.1. The van der Waals surface area contributed by atoms with Gasteiger partial charge in [0.15, 0.2) is 0 Å². The summed E-state index contributed by atoms with van der Waals surface area (Å²) >= 11 is 0. The van der Waals surface area contributed by atoms with Gasteiger partial charge < -0.3 is 19.9 Å². The van der Waals surface area contributed by atoms with Gasteiger partial charge in [-0.15, -0.1) is 12.8 Å². The number of terminal acetylenes is 2. The molecule has 1 N–H and O–H groups in total. The van der Waals surface area contributed by atoms with Crippen LogP contribution in [0.5, 0.6) is 5.75 Å². The highest BCUT2D eigenvalue weighted by molar-refractivity contribution is 5.86. The van der Waals surface area contributed by atoms with Gasteiger partial charge in [0, 0.05) is 66.6 Å². The lowest BCUT2D eigenvalue weighted by Crippen LogP contribution is -2.25. The molecule has 0 radical (unpaired) electrons. The molecule has 5 heteroatoms. The van der Waals surface area contributed by atoms with Crippen LogP contribution >= 0.6 is 0 Å². The number of likely N-dealkylation sites (tertiary alicyclic amines) is 1. The summed E-state index contributed by atoms with van der Waals surface area (Å²) in [6, 6.07) is 11.6. The van der Waals surface area contributed by atoms with E-state index in [1.807, 2.05) is 85.0 Å². The van der Waals surface area contributed by atoms with Crippen LogP contribution in [0.2, 0.25) is 0 Å². The second kappa shape index (κ2) is 22.8. The number of allylic oxidation sites excluding steroid dienone is 2. The fourth-order valence-corrected chi connectivity index (χ4v) is 4.92. The lowest BCUT2D eigenvalue weighted by Gasteiger charge is -2.22. The van der Waals surface area contributed by atoms with Crippen molar-refractivity contribution in [2.45, 2.75) is 80.6 Å². The summed E-state index contributed by atoms with van der Waals surface area (Å²) < 4.78 is 5.42. The lowest BCUT2D eigenvalue weighted by molar-refractivity contribution is 0.282. The van der Waals surface area contributed by atoms with E-state index in [-0.39, 0.29) is 7.34 Å². The monoisotopic (exact) mass is 648 g/mol. The predicted octanol–water partition coefficient (Wildman–Crippen LogP) is 10.1. The summed E-state index contributed by atoms with van der Waals surface area (Å²) in [5.74, 6) is 12.7. The Labute approximate surface area is 294 Å². The van der Waals surface area contributed by atoms with Crippen molar-refractivity contribution in [1.82, 2.24) is 4.90 Å². The molecule has 0 saturated carbocycles. The van der Waals surface area contributed by atoms with Crippen LogP contribution in [0.1, 0.15) is 91.8 Å². The predicted molar refractivity (Wildman–Crippen MR) is 213 cm³/mol. The first-order valence-corrected chi connectivity index (χ1v) is 17.3. The fraction of sp³-hybridized carbons (Fsp3) is 0.419. The summed E-state index contributed by atoms with van der Waals surface area (Å²) in [5, 5.41) is 3.18. The van der Waals surface area contributed by atoms with Gasteiger partial charge in [-0.1, -0.05) is 83.5 Å². The number of nitrogens with one attached hydrogen (secondary N) is 1. The topological polar surface area (TPSA) is 40.1 Å². The van der Waals surface area contributed by atoms with E-state index in [4.69, 9.17) is 17.6 Å². The van der Waals surface area contributed by atoms with Crippen LogP contribution in [-0.4, -0.2) is 44.9 Å². The minimum absolute atomic E-state index is 0. The number of methoxy groups -OCH3 is 1. The number of benzene rings is 2. The van der Waals surface area contributed by atoms with Gasteiger partial charge >= 0.3 is 0 Å². The molecular formula is C43H60N4O. The highest BCUT2D eigenvalue weighted by Crippen LogP contribution is 2.28. The number of anilines is 2. The quantitative estimate of drug-likeness (QED) is 0.150. The van der Waals surface area contributed by atoms with Crippen LogP contribution < -0.4 is 15.0 Å². The van der Waals surface area contributed by atoms with Crippen molar-refractivity contribution in [2.75, 3.05) is 44.0 Å². The standard InChI is InChI=1S/C28H25N3O.C11H21N.2C2H6.H2/c1-8-22-10-14-26(15-11-22)31(6)20(4)27(24-12-13-24)18-29-21(5)30-25-16-23(9-2)19(3)28(17-25)32-7;1-3-4-8-12-9-5-6-11(2)7-10-12;2*1-2;/h1-2,10-11,14-18,24,30H,5H2,3-4,6-7H3;2-10H2,1H3;2*1-2H3;1H/b27-20-,29-18-;;;;. The number of unbranched alkanes of at least 4 members (excludes halogenated alkanes) is 1. The summed E-state index contributed by atoms with van der Waals surface area (Å²) in [4.78, 5) is 9.20. The summed E-state index contributed by atoms with van der Waals surface area (Å²) in [7, 11) is 3.62. The molecule has 258 valence electrons. The molecule has 0 spiro atoms. The Bertz CT molecular complexity index is 1540. The number of aliphatic imine (C=N–C) groups is 1. The molecule has 1 saturated heterocycles. The molecule has 0 amide bonds. The first kappa shape index (κ1) is 41.4. The van der Waals surface area contributed by atoms with Crippen molar-refractivity contribution in [1.29, 1.82) is 0 Å². The maximum atomic E-state index is 5.62. The van der Waals surface area contributed by atoms with Crippen LogP contribution in [-0.2, 0) is 0 Å². The average Bonchev–Trinajstić information content (AvgIpc) is 3.98. The normalized spacial score (nSPS) is 13.9. The zero-order chi connectivity index (χ0) is 36.1. The minimum Gasteiger partial charge on any atom is -0.496 e. The molecule has 0 aromatic heterocycles. The third-order valence-corrected chi connectivity index (χ3v) is 7.94. The molecule has 1 aliphatic carbocycles. The van der Waals surface area contributed by atoms with Crippen molar-refractivity contribution < 1.29 is 6.16 Å². The summed E-state index contributed by atoms with van der Waals surface area (Å²) in [6.07, 6.45) is 19.3. The Kier molecular flexibility index (Phi) is 19.7. The number of hydrogen-bond donors (Lipinski definition) is 1. The van der Waals surface area contributed by atoms with Gasteiger partial charge in [-0.3, -0.25) is 0 Å². The second-order valence-electron chi connectivity index (χ2n) is 11.1. The molecule has 1 aliphatic heterocycles. The van der Waals surface area contributed by atoms with Crippen LogP contribution in [0.25, 0.3) is 0 Å². The molecule has 0 atom stereocenters. The second-order valence-corrected chi connectivity index (χ2v) is 11.1. The van der Waals surface area contributed by atoms with Crippen LogP contribution in [0.15, 0.2) is 77.2 Å². The van der Waals surface area contributed by atoms with Crippen molar-refractivity contribution in [3.8, 4) is 42.3 Å². The molecule has 5 nitrogen and oxygen atoms in total. The smallest absolute Gasteiger partial charge is 0.125 e. The van der Waals surface area contributed by atoms with E-state index in [1.165, 1.54) is 57.3 Å². The van der Waals surface area contributed by atoms with Gasteiger partial charge in [-0.05, 0) is 83.0 Å². The maximum Gasteiger partial charge on any atom is 0.125 e. The van der Waals surface area contributed by atoms with Crippen molar-refractivity contribution in [2.24, 2.45) is 10.9 Å². The first-order chi connectivity index (χ1) is 23.2. The maximum absolute atomic E-state index is 5.62. The number of rotatable bonds is 11. The third kappa shape index (κ3) is 13.6. The van der Waals surface area contributed by atoms with Gasteiger partial charge in [0.1, 0.15) is 17.5 Å². The largest absolute Gasteiger partial charge is 0.496 e. The lowest BCUT2D eigenvalue weighted by atomic mass is 10.1.